The van der Waals surface area contributed by atoms with Crippen LogP contribution in [-0.4, -0.2) is 42.1 Å². The van der Waals surface area contributed by atoms with Crippen molar-refractivity contribution in [2.45, 2.75) is 6.92 Å². The van der Waals surface area contributed by atoms with Crippen molar-refractivity contribution in [1.82, 2.24) is 4.90 Å². The molecule has 2 N–H and O–H groups in total. The predicted molar refractivity (Wildman–Crippen MR) is 75.8 cm³/mol. The Hall–Kier alpha value is -1.82. The first-order valence-electron chi connectivity index (χ1n) is 6.09. The Bertz CT molecular complexity index is 505. The second-order valence-corrected chi connectivity index (χ2v) is 4.67. The van der Waals surface area contributed by atoms with Crippen molar-refractivity contribution < 1.29 is 14.3 Å². The minimum atomic E-state index is -0.118. The van der Waals surface area contributed by atoms with Gasteiger partial charge in [0, 0.05) is 12.1 Å². The number of rotatable bonds is 4. The summed E-state index contributed by atoms with van der Waals surface area (Å²) in [6.45, 7) is 3.73. The molecular formula is C13H16N2O3S. The first kappa shape index (κ1) is 13.6. The number of thiocarbonyl (C=S) groups is 1. The molecule has 1 aromatic carbocycles. The average molecular weight is 280 g/mol. The molecule has 0 saturated heterocycles. The number of likely N-dealkylation sites (N-methyl/N-ethyl adjacent to an activating group) is 1. The zero-order valence-electron chi connectivity index (χ0n) is 10.7. The molecule has 0 fully saturated rings. The summed E-state index contributed by atoms with van der Waals surface area (Å²) in [7, 11) is 0. The molecule has 0 aromatic heterocycles. The van der Waals surface area contributed by atoms with E-state index in [1.807, 2.05) is 6.92 Å². The van der Waals surface area contributed by atoms with E-state index in [0.29, 0.717) is 41.8 Å². The summed E-state index contributed by atoms with van der Waals surface area (Å²) in [4.78, 5) is 14.2. The molecule has 102 valence electrons. The Morgan fingerprint density at radius 1 is 1.37 bits per heavy atom. The summed E-state index contributed by atoms with van der Waals surface area (Å²) in [5, 5.41) is 0. The molecule has 0 unspecified atom stereocenters. The van der Waals surface area contributed by atoms with Crippen molar-refractivity contribution in [3.8, 4) is 11.5 Å². The summed E-state index contributed by atoms with van der Waals surface area (Å²) in [6.07, 6.45) is 0. The number of nitrogens with two attached hydrogens (primary N) is 1. The molecule has 0 aliphatic carbocycles. The highest BCUT2D eigenvalue weighted by Crippen LogP contribution is 2.31. The van der Waals surface area contributed by atoms with Crippen molar-refractivity contribution in [3.63, 3.8) is 0 Å². The normalized spacial score (nSPS) is 12.9. The van der Waals surface area contributed by atoms with Gasteiger partial charge >= 0.3 is 0 Å². The van der Waals surface area contributed by atoms with E-state index in [4.69, 9.17) is 27.4 Å². The lowest BCUT2D eigenvalue weighted by atomic mass is 10.1. The number of hydrogen-bond donors (Lipinski definition) is 1. The molecule has 5 nitrogen and oxygen atoms in total. The molecule has 19 heavy (non-hydrogen) atoms. The highest BCUT2D eigenvalue weighted by Gasteiger charge is 2.18. The number of ether oxygens (including phenoxy) is 2. The summed E-state index contributed by atoms with van der Waals surface area (Å²) >= 11 is 4.84. The van der Waals surface area contributed by atoms with Gasteiger partial charge < -0.3 is 20.1 Å². The Morgan fingerprint density at radius 3 is 2.68 bits per heavy atom. The summed E-state index contributed by atoms with van der Waals surface area (Å²) < 4.78 is 10.9. The van der Waals surface area contributed by atoms with Gasteiger partial charge in [-0.1, -0.05) is 12.2 Å². The van der Waals surface area contributed by atoms with Crippen molar-refractivity contribution in [1.29, 1.82) is 0 Å². The van der Waals surface area contributed by atoms with Gasteiger partial charge in [0.05, 0.1) is 11.5 Å². The molecule has 1 amide bonds. The zero-order valence-corrected chi connectivity index (χ0v) is 11.5. The SMILES string of the molecule is CCN(CC(N)=S)C(=O)c1ccc2c(c1)OCCO2. The van der Waals surface area contributed by atoms with Gasteiger partial charge in [-0.15, -0.1) is 0 Å². The molecule has 6 heteroatoms. The van der Waals surface area contributed by atoms with Gasteiger partial charge in [-0.05, 0) is 25.1 Å². The van der Waals surface area contributed by atoms with Crippen LogP contribution in [0.1, 0.15) is 17.3 Å². The van der Waals surface area contributed by atoms with Crippen LogP contribution >= 0.6 is 12.2 Å². The molecule has 0 atom stereocenters. The maximum atomic E-state index is 12.3. The van der Waals surface area contributed by atoms with Gasteiger partial charge in [-0.25, -0.2) is 0 Å². The number of hydrogen-bond acceptors (Lipinski definition) is 4. The minimum absolute atomic E-state index is 0.118. The molecule has 1 heterocycles. The van der Waals surface area contributed by atoms with Crippen molar-refractivity contribution in [2.24, 2.45) is 5.73 Å². The van der Waals surface area contributed by atoms with E-state index >= 15 is 0 Å². The Morgan fingerprint density at radius 2 is 2.05 bits per heavy atom. The number of fused-ring (bicyclic) bond motifs is 1. The highest BCUT2D eigenvalue weighted by atomic mass is 32.1. The second-order valence-electron chi connectivity index (χ2n) is 4.14. The van der Waals surface area contributed by atoms with E-state index in [1.165, 1.54) is 0 Å². The van der Waals surface area contributed by atoms with Gasteiger partial charge in [0.15, 0.2) is 11.5 Å². The quantitative estimate of drug-likeness (QED) is 0.840. The fourth-order valence-electron chi connectivity index (χ4n) is 1.87. The number of benzene rings is 1. The highest BCUT2D eigenvalue weighted by molar-refractivity contribution is 7.80. The molecule has 1 aliphatic rings. The molecular weight excluding hydrogens is 264 g/mol. The minimum Gasteiger partial charge on any atom is -0.486 e. The van der Waals surface area contributed by atoms with Crippen molar-refractivity contribution >= 4 is 23.1 Å². The van der Waals surface area contributed by atoms with E-state index < -0.39 is 0 Å². The van der Waals surface area contributed by atoms with Gasteiger partial charge in [0.1, 0.15) is 13.2 Å². The topological polar surface area (TPSA) is 64.8 Å². The largest absolute Gasteiger partial charge is 0.486 e. The van der Waals surface area contributed by atoms with Gasteiger partial charge in [-0.2, -0.15) is 0 Å². The number of carbonyl (C=O) groups excluding carboxylic acids is 1. The Kier molecular flexibility index (Phi) is 4.21. The van der Waals surface area contributed by atoms with Crippen LogP contribution < -0.4 is 15.2 Å². The lowest BCUT2D eigenvalue weighted by molar-refractivity contribution is 0.0786. The van der Waals surface area contributed by atoms with Crippen LogP contribution in [0.3, 0.4) is 0 Å². The molecule has 1 aliphatic heterocycles. The fourth-order valence-corrected chi connectivity index (χ4v) is 2.03. The van der Waals surface area contributed by atoms with Gasteiger partial charge in [0.25, 0.3) is 5.91 Å². The molecule has 1 aromatic rings. The predicted octanol–water partition coefficient (Wildman–Crippen LogP) is 1.21. The lowest BCUT2D eigenvalue weighted by Gasteiger charge is -2.22. The van der Waals surface area contributed by atoms with Crippen LogP contribution in [0, 0.1) is 0 Å². The van der Waals surface area contributed by atoms with Crippen LogP contribution in [0.5, 0.6) is 11.5 Å². The number of carbonyl (C=O) groups is 1. The van der Waals surface area contributed by atoms with E-state index in [1.54, 1.807) is 23.1 Å². The van der Waals surface area contributed by atoms with Crippen LogP contribution in [-0.2, 0) is 0 Å². The lowest BCUT2D eigenvalue weighted by Crippen LogP contribution is -2.37. The van der Waals surface area contributed by atoms with E-state index in [2.05, 4.69) is 0 Å². The van der Waals surface area contributed by atoms with E-state index in [0.717, 1.165) is 0 Å². The average Bonchev–Trinajstić information content (AvgIpc) is 2.43. The van der Waals surface area contributed by atoms with Gasteiger partial charge in [0.2, 0.25) is 0 Å². The standard InChI is InChI=1S/C13H16N2O3S/c1-2-15(8-12(14)19)13(16)9-3-4-10-11(7-9)18-6-5-17-10/h3-4,7H,2,5-6,8H2,1H3,(H2,14,19). The molecule has 0 bridgehead atoms. The van der Waals surface area contributed by atoms with Crippen LogP contribution in [0.2, 0.25) is 0 Å². The third-order valence-corrected chi connectivity index (χ3v) is 2.93. The monoisotopic (exact) mass is 280 g/mol. The third-order valence-electron chi connectivity index (χ3n) is 2.80. The molecule has 0 radical (unpaired) electrons. The maximum absolute atomic E-state index is 12.3. The first-order chi connectivity index (χ1) is 9.11. The second kappa shape index (κ2) is 5.88. The fraction of sp³-hybridized carbons (Fsp3) is 0.385. The zero-order chi connectivity index (χ0) is 13.8. The summed E-state index contributed by atoms with van der Waals surface area (Å²) in [5.41, 5.74) is 6.03. The van der Waals surface area contributed by atoms with E-state index in [9.17, 15) is 4.79 Å². The first-order valence-corrected chi connectivity index (χ1v) is 6.50. The van der Waals surface area contributed by atoms with Crippen LogP contribution in [0.15, 0.2) is 18.2 Å². The van der Waals surface area contributed by atoms with Crippen molar-refractivity contribution in [3.05, 3.63) is 23.8 Å². The maximum Gasteiger partial charge on any atom is 0.254 e. The smallest absolute Gasteiger partial charge is 0.254 e. The number of amides is 1. The summed E-state index contributed by atoms with van der Waals surface area (Å²) in [5.74, 6) is 1.15. The Labute approximate surface area is 117 Å². The molecule has 0 spiro atoms. The van der Waals surface area contributed by atoms with Crippen molar-refractivity contribution in [2.75, 3.05) is 26.3 Å². The number of nitrogens with zero attached hydrogens (tertiary/aromatic N) is 1. The summed E-state index contributed by atoms with van der Waals surface area (Å²) in [6, 6.07) is 5.16. The van der Waals surface area contributed by atoms with Gasteiger partial charge in [-0.3, -0.25) is 4.79 Å². The van der Waals surface area contributed by atoms with Crippen LogP contribution in [0.25, 0.3) is 0 Å². The van der Waals surface area contributed by atoms with E-state index in [-0.39, 0.29) is 12.5 Å². The third kappa shape index (κ3) is 3.14. The Balaban J connectivity index is 2.20. The van der Waals surface area contributed by atoms with Crippen LogP contribution in [0.4, 0.5) is 0 Å². The molecule has 0 saturated carbocycles. The molecule has 2 rings (SSSR count).